The van der Waals surface area contributed by atoms with Crippen LogP contribution in [-0.2, 0) is 97.6 Å². The minimum atomic E-state index is -1.80. The van der Waals surface area contributed by atoms with Crippen molar-refractivity contribution < 1.29 is 92.3 Å². The predicted octanol–water partition coefficient (Wildman–Crippen LogP) is -0.425. The number of carboxylic acids is 1. The number of phenols is 1. The highest BCUT2D eigenvalue weighted by Crippen LogP contribution is 2.22. The molecule has 26 N–H and O–H groups in total. The number of thioether (sulfide) groups is 1. The van der Waals surface area contributed by atoms with E-state index in [2.05, 4.69) is 74.1 Å². The Morgan fingerprint density at radius 1 is 0.425 bits per heavy atom. The molecule has 0 fully saturated rings. The lowest BCUT2D eigenvalue weighted by Crippen LogP contribution is -2.62. The minimum Gasteiger partial charge on any atom is -0.508 e. The van der Waals surface area contributed by atoms with Crippen molar-refractivity contribution in [3.63, 3.8) is 0 Å². The Labute approximate surface area is 743 Å². The van der Waals surface area contributed by atoms with Crippen LogP contribution in [0.4, 0.5) is 0 Å². The number of benzene rings is 4. The molecule has 39 heteroatoms. The van der Waals surface area contributed by atoms with Crippen molar-refractivity contribution in [3.8, 4) is 5.75 Å². The van der Waals surface area contributed by atoms with Crippen LogP contribution in [0.3, 0.4) is 0 Å². The number of H-pyrrole nitrogens is 1. The maximum atomic E-state index is 15.6. The van der Waals surface area contributed by atoms with Crippen LogP contribution >= 0.6 is 11.8 Å². The molecule has 16 atom stereocenters. The third-order valence-corrected chi connectivity index (χ3v) is 22.0. The van der Waals surface area contributed by atoms with E-state index in [1.807, 2.05) is 18.5 Å². The Morgan fingerprint density at radius 3 is 1.25 bits per heavy atom. The van der Waals surface area contributed by atoms with Crippen molar-refractivity contribution in [2.24, 2.45) is 46.8 Å². The number of para-hydroxylation sites is 1. The van der Waals surface area contributed by atoms with Gasteiger partial charge in [0.2, 0.25) is 82.7 Å². The number of phenolic OH excluding ortho intramolecular Hbond substituents is 1. The number of nitrogens with one attached hydrogen (secondary N) is 16. The molecule has 5 aromatic rings. The number of rotatable bonds is 55. The number of aliphatic hydroxyl groups is 2. The molecule has 0 spiro atoms. The quantitative estimate of drug-likeness (QED) is 0.0133. The number of aromatic amines is 1. The molecule has 0 bridgehead atoms. The molecule has 0 aliphatic carbocycles. The molecule has 0 aliphatic heterocycles. The Bertz CT molecular complexity index is 4500. The Balaban J connectivity index is 1.52. The van der Waals surface area contributed by atoms with Gasteiger partial charge in [-0.1, -0.05) is 173 Å². The number of amides is 14. The van der Waals surface area contributed by atoms with Crippen LogP contribution in [0.15, 0.2) is 115 Å². The summed E-state index contributed by atoms with van der Waals surface area (Å²) in [5.41, 5.74) is 20.0. The first-order valence-corrected chi connectivity index (χ1v) is 44.0. The van der Waals surface area contributed by atoms with E-state index in [0.717, 1.165) is 0 Å². The van der Waals surface area contributed by atoms with Crippen molar-refractivity contribution in [1.29, 1.82) is 5.41 Å². The maximum Gasteiger partial charge on any atom is 0.328 e. The second kappa shape index (κ2) is 53.3. The summed E-state index contributed by atoms with van der Waals surface area (Å²) >= 11 is 1.50. The number of hydrogen-bond donors (Lipinski definition) is 23. The van der Waals surface area contributed by atoms with Gasteiger partial charge < -0.3 is 117 Å². The summed E-state index contributed by atoms with van der Waals surface area (Å²) in [5.74, 6) is -17.1. The lowest BCUT2D eigenvalue weighted by atomic mass is 9.95. The van der Waals surface area contributed by atoms with E-state index in [1.54, 1.807) is 153 Å². The summed E-state index contributed by atoms with van der Waals surface area (Å²) < 4.78 is 0. The number of hydrogen-bond acceptors (Lipinski definition) is 21. The second-order valence-corrected chi connectivity index (χ2v) is 33.9. The zero-order chi connectivity index (χ0) is 94.3. The summed E-state index contributed by atoms with van der Waals surface area (Å²) in [4.78, 5) is 218. The van der Waals surface area contributed by atoms with Gasteiger partial charge in [0.1, 0.15) is 84.3 Å². The fraction of sp³-hybridized carbons (Fsp3) is 0.523. The maximum absolute atomic E-state index is 15.6. The van der Waals surface area contributed by atoms with E-state index in [1.165, 1.54) is 36.0 Å². The number of aliphatic carboxylic acids is 1. The predicted molar refractivity (Wildman–Crippen MR) is 478 cm³/mol. The average molecular weight is 1790 g/mol. The average Bonchev–Trinajstić information content (AvgIpc) is 1.80. The molecular weight excluding hydrogens is 1660 g/mol. The highest BCUT2D eigenvalue weighted by molar-refractivity contribution is 7.98. The normalized spacial score (nSPS) is 15.1. The number of guanidine groups is 1. The van der Waals surface area contributed by atoms with Gasteiger partial charge in [-0.15, -0.1) is 0 Å². The summed E-state index contributed by atoms with van der Waals surface area (Å²) in [6.07, 6.45) is 2.50. The van der Waals surface area contributed by atoms with Crippen molar-refractivity contribution in [3.05, 3.63) is 138 Å². The first-order chi connectivity index (χ1) is 60.2. The first-order valence-electron chi connectivity index (χ1n) is 42.6. The number of carbonyl (C=O) groups excluding carboxylic acids is 14. The van der Waals surface area contributed by atoms with E-state index in [-0.39, 0.29) is 81.9 Å². The van der Waals surface area contributed by atoms with Gasteiger partial charge in [-0.3, -0.25) is 72.5 Å². The molecule has 1 heterocycles. The molecule has 0 radical (unpaired) electrons. The summed E-state index contributed by atoms with van der Waals surface area (Å²) in [5, 5.41) is 84.7. The molecule has 0 unspecified atom stereocenters. The number of carboxylic acid groups (broad SMARTS) is 1. The summed E-state index contributed by atoms with van der Waals surface area (Å²) in [6.45, 7) is 15.0. The van der Waals surface area contributed by atoms with Gasteiger partial charge >= 0.3 is 5.97 Å². The minimum absolute atomic E-state index is 0.0133. The third-order valence-electron chi connectivity index (χ3n) is 21.3. The molecule has 0 saturated carbocycles. The van der Waals surface area contributed by atoms with E-state index in [9.17, 15) is 68.4 Å². The van der Waals surface area contributed by atoms with Crippen LogP contribution < -0.4 is 91.6 Å². The summed E-state index contributed by atoms with van der Waals surface area (Å²) in [6, 6.07) is 8.67. The van der Waals surface area contributed by atoms with Crippen LogP contribution in [-0.4, -0.2) is 236 Å². The van der Waals surface area contributed by atoms with Gasteiger partial charge in [-0.2, -0.15) is 11.8 Å². The fourth-order valence-corrected chi connectivity index (χ4v) is 14.2. The van der Waals surface area contributed by atoms with E-state index < -0.39 is 217 Å². The summed E-state index contributed by atoms with van der Waals surface area (Å²) in [7, 11) is 0. The van der Waals surface area contributed by atoms with Gasteiger partial charge in [0.25, 0.3) is 0 Å². The smallest absolute Gasteiger partial charge is 0.328 e. The molecule has 696 valence electrons. The first kappa shape index (κ1) is 105. The second-order valence-electron chi connectivity index (χ2n) is 32.9. The van der Waals surface area contributed by atoms with Crippen molar-refractivity contribution >= 4 is 117 Å². The topological polar surface area (TPSA) is 623 Å². The molecule has 4 aromatic carbocycles. The van der Waals surface area contributed by atoms with Gasteiger partial charge in [-0.05, 0) is 114 Å². The highest BCUT2D eigenvalue weighted by Gasteiger charge is 2.41. The van der Waals surface area contributed by atoms with Crippen LogP contribution in [0.5, 0.6) is 5.75 Å². The number of aliphatic hydroxyl groups excluding tert-OH is 2. The largest absolute Gasteiger partial charge is 0.508 e. The molecule has 14 amide bonds. The molecular formula is C88H129N19O19S. The van der Waals surface area contributed by atoms with Gasteiger partial charge in [0, 0.05) is 49.3 Å². The van der Waals surface area contributed by atoms with Crippen LogP contribution in [0.1, 0.15) is 143 Å². The van der Waals surface area contributed by atoms with Crippen molar-refractivity contribution in [1.82, 2.24) is 79.4 Å². The standard InChI is InChI=1S/C88H129N19O19S/c1-12-50(9)72(106-74(112)58(89)34-36-127-11)85(123)101-62(38-48(5)6)76(114)100-67(43-70(90)111)82(120)107-73(51(10)13-2)86(124)102-64(40-53-25-18-15-19-26-53)79(117)97-63(39-52-23-16-14-17-24-52)78(116)99-66(42-55-44-94-59-28-21-20-27-57(55)59)80(118)98-65(41-54-30-32-56(110)33-31-54)81(119)105-71(49(7)8)84(122)95-60(29-22-35-93-88(91)92)75(113)96-61(37-47(3)4)77(115)103-68(45-108)83(121)104-69(46-109)87(125)126/h14-21,23-28,30-33,44,47-51,58,60-69,71-73,94,108-110H,12-13,22,29,34-43,45-46,89H2,1-11H3,(H2,90,111)(H,95,122)(H,96,113)(H,97,117)(H,98,118)(H,99,116)(H,100,114)(H,101,123)(H,102,124)(H,103,115)(H,104,121)(H,105,119)(H,106,112)(H,107,120)(H,125,126)(H4,91,92,93)/t50-,51-,58-,60-,61-,62-,63-,64-,65-,66-,67-,68-,69-,71-,72-,73-/m0/s1. The molecule has 1 aromatic heterocycles. The zero-order valence-electron chi connectivity index (χ0n) is 73.8. The van der Waals surface area contributed by atoms with Gasteiger partial charge in [0.15, 0.2) is 5.96 Å². The lowest BCUT2D eigenvalue weighted by molar-refractivity contribution is -0.143. The Hall–Kier alpha value is -12.2. The molecule has 0 saturated heterocycles. The third kappa shape index (κ3) is 35.3. The van der Waals surface area contributed by atoms with E-state index in [0.29, 0.717) is 51.8 Å². The number of carbonyl (C=O) groups is 15. The molecule has 127 heavy (non-hydrogen) atoms. The van der Waals surface area contributed by atoms with E-state index >= 15 is 24.0 Å². The number of aromatic nitrogens is 1. The molecule has 38 nitrogen and oxygen atoms in total. The van der Waals surface area contributed by atoms with Crippen LogP contribution in [0.25, 0.3) is 10.9 Å². The molecule has 5 rings (SSSR count). The van der Waals surface area contributed by atoms with Gasteiger partial charge in [-0.25, -0.2) is 4.79 Å². The number of nitrogens with two attached hydrogens (primary N) is 3. The zero-order valence-corrected chi connectivity index (χ0v) is 74.6. The lowest BCUT2D eigenvalue weighted by Gasteiger charge is -2.30. The number of primary amides is 1. The van der Waals surface area contributed by atoms with Crippen molar-refractivity contribution in [2.45, 2.75) is 231 Å². The SMILES string of the molecule is CC[C@H](C)[C@H](NC(=O)[C@H](CC(N)=O)NC(=O)[C@H](CC(C)C)NC(=O)[C@@H](NC(=O)[C@@H](N)CCSC)[C@@H](C)CC)C(=O)N[C@@H](Cc1ccccc1)C(=O)N[C@@H](Cc1ccccc1)C(=O)N[C@@H](Cc1c[nH]c2ccccc12)C(=O)N[C@@H](Cc1ccc(O)cc1)C(=O)N[C@H](C(=O)N[C@@H](CCCNC(=N)N)C(=O)N[C@@H](CC(C)C)C(=O)N[C@@H](CO)C(=O)N[C@@H](CO)C(=O)O)C(C)C. The fourth-order valence-electron chi connectivity index (χ4n) is 13.7. The van der Waals surface area contributed by atoms with E-state index in [4.69, 9.17) is 22.6 Å². The molecule has 0 aliphatic rings. The van der Waals surface area contributed by atoms with Gasteiger partial charge in [0.05, 0.1) is 25.7 Å². The monoisotopic (exact) mass is 1790 g/mol. The highest BCUT2D eigenvalue weighted by atomic mass is 32.2. The number of fused-ring (bicyclic) bond motifs is 1. The Kier molecular flexibility index (Phi) is 44.2. The Morgan fingerprint density at radius 2 is 0.795 bits per heavy atom. The van der Waals surface area contributed by atoms with Crippen LogP contribution in [0, 0.1) is 35.0 Å². The van der Waals surface area contributed by atoms with Crippen molar-refractivity contribution in [2.75, 3.05) is 31.8 Å². The number of aromatic hydroxyl groups is 1. The van der Waals surface area contributed by atoms with Crippen LogP contribution in [0.2, 0.25) is 0 Å².